The molecule has 4 aromatic rings. The van der Waals surface area contributed by atoms with E-state index in [1.165, 1.54) is 31.5 Å². The van der Waals surface area contributed by atoms with Crippen molar-refractivity contribution in [3.8, 4) is 17.2 Å². The largest absolute Gasteiger partial charge is 0.497 e. The molecule has 9 nitrogen and oxygen atoms in total. The van der Waals surface area contributed by atoms with Crippen LogP contribution in [-0.2, 0) is 15.6 Å². The topological polar surface area (TPSA) is 124 Å². The first-order valence-corrected chi connectivity index (χ1v) is 13.6. The quantitative estimate of drug-likeness (QED) is 0.370. The lowest BCUT2D eigenvalue weighted by Gasteiger charge is -2.21. The third kappa shape index (κ3) is 5.08. The van der Waals surface area contributed by atoms with Crippen LogP contribution in [0.25, 0.3) is 10.9 Å². The van der Waals surface area contributed by atoms with E-state index in [1.54, 1.807) is 43.3 Å². The predicted molar refractivity (Wildman–Crippen MR) is 142 cm³/mol. The lowest BCUT2D eigenvalue weighted by atomic mass is 10.1. The highest BCUT2D eigenvalue weighted by molar-refractivity contribution is 7.90. The van der Waals surface area contributed by atoms with Crippen LogP contribution in [0.3, 0.4) is 0 Å². The summed E-state index contributed by atoms with van der Waals surface area (Å²) in [6, 6.07) is 16.0. The van der Waals surface area contributed by atoms with Crippen molar-refractivity contribution in [2.45, 2.75) is 23.6 Å². The number of benzene rings is 3. The summed E-state index contributed by atoms with van der Waals surface area (Å²) in [5.41, 5.74) is 1.07. The number of fused-ring (bicyclic) bond motifs is 2. The van der Waals surface area contributed by atoms with Crippen LogP contribution in [0.15, 0.2) is 76.6 Å². The molecule has 196 valence electrons. The average molecular weight is 535 g/mol. The van der Waals surface area contributed by atoms with E-state index in [9.17, 15) is 18.0 Å². The summed E-state index contributed by atoms with van der Waals surface area (Å²) < 4.78 is 42.6. The maximum atomic E-state index is 13.3. The van der Waals surface area contributed by atoms with Gasteiger partial charge in [-0.05, 0) is 60.5 Å². The first kappa shape index (κ1) is 25.3. The first-order chi connectivity index (χ1) is 18.2. The molecule has 0 fully saturated rings. The van der Waals surface area contributed by atoms with E-state index in [0.717, 1.165) is 5.56 Å². The minimum absolute atomic E-state index is 0.0134. The average Bonchev–Trinajstić information content (AvgIpc) is 2.92. The third-order valence-electron chi connectivity index (χ3n) is 6.36. The molecule has 1 aliphatic rings. The zero-order valence-corrected chi connectivity index (χ0v) is 21.6. The molecule has 0 radical (unpaired) electrons. The molecule has 1 aromatic heterocycles. The molecule has 0 bridgehead atoms. The molecule has 1 unspecified atom stereocenters. The number of aromatic amines is 1. The van der Waals surface area contributed by atoms with Gasteiger partial charge in [-0.25, -0.2) is 8.42 Å². The van der Waals surface area contributed by atoms with E-state index < -0.39 is 27.2 Å². The fourth-order valence-corrected chi connectivity index (χ4v) is 5.67. The number of amides is 1. The van der Waals surface area contributed by atoms with E-state index >= 15 is 0 Å². The number of hydrogen-bond donors (Lipinski definition) is 2. The summed E-state index contributed by atoms with van der Waals surface area (Å²) in [4.78, 5) is 29.2. The molecule has 5 rings (SSSR count). The SMILES string of the molecule is COc1cccc(CS(=O)(=O)c2ccc3[nH]cc(C(=O)NC(C)c4ccc5c(c4)OCCO5)c(=O)c3c2)c1. The van der Waals surface area contributed by atoms with Gasteiger partial charge in [0.25, 0.3) is 5.91 Å². The van der Waals surface area contributed by atoms with Crippen LogP contribution in [0.2, 0.25) is 0 Å². The van der Waals surface area contributed by atoms with Gasteiger partial charge in [-0.3, -0.25) is 9.59 Å². The second-order valence-electron chi connectivity index (χ2n) is 8.95. The lowest BCUT2D eigenvalue weighted by Crippen LogP contribution is -2.31. The number of pyridine rings is 1. The minimum atomic E-state index is -3.77. The van der Waals surface area contributed by atoms with Gasteiger partial charge >= 0.3 is 0 Å². The molecule has 1 atom stereocenters. The van der Waals surface area contributed by atoms with Crippen molar-refractivity contribution in [2.24, 2.45) is 0 Å². The molecule has 38 heavy (non-hydrogen) atoms. The number of rotatable bonds is 7. The van der Waals surface area contributed by atoms with Crippen LogP contribution in [0.5, 0.6) is 17.2 Å². The Balaban J connectivity index is 1.40. The van der Waals surface area contributed by atoms with Crippen LogP contribution in [0.4, 0.5) is 0 Å². The highest BCUT2D eigenvalue weighted by atomic mass is 32.2. The molecular weight excluding hydrogens is 508 g/mol. The van der Waals surface area contributed by atoms with Gasteiger partial charge in [-0.15, -0.1) is 0 Å². The van der Waals surface area contributed by atoms with E-state index in [4.69, 9.17) is 14.2 Å². The molecule has 0 saturated carbocycles. The van der Waals surface area contributed by atoms with Crippen molar-refractivity contribution in [1.29, 1.82) is 0 Å². The molecule has 0 saturated heterocycles. The van der Waals surface area contributed by atoms with Gasteiger partial charge in [0.05, 0.1) is 23.8 Å². The molecular formula is C28H26N2O7S. The summed E-state index contributed by atoms with van der Waals surface area (Å²) >= 11 is 0. The smallest absolute Gasteiger partial charge is 0.257 e. The molecule has 1 amide bonds. The second-order valence-corrected chi connectivity index (χ2v) is 10.9. The van der Waals surface area contributed by atoms with E-state index in [0.29, 0.717) is 41.5 Å². The zero-order valence-electron chi connectivity index (χ0n) is 20.8. The van der Waals surface area contributed by atoms with Crippen LogP contribution in [-0.4, -0.2) is 39.6 Å². The highest BCUT2D eigenvalue weighted by Gasteiger charge is 2.21. The Labute approximate surface area is 219 Å². The van der Waals surface area contributed by atoms with Crippen molar-refractivity contribution in [2.75, 3.05) is 20.3 Å². The van der Waals surface area contributed by atoms with E-state index in [-0.39, 0.29) is 21.6 Å². The summed E-state index contributed by atoms with van der Waals surface area (Å²) in [5.74, 6) is 0.942. The van der Waals surface area contributed by atoms with Crippen molar-refractivity contribution >= 4 is 26.6 Å². The maximum absolute atomic E-state index is 13.3. The summed E-state index contributed by atoms with van der Waals surface area (Å²) in [5, 5.41) is 2.94. The van der Waals surface area contributed by atoms with Crippen LogP contribution >= 0.6 is 0 Å². The molecule has 1 aliphatic heterocycles. The zero-order chi connectivity index (χ0) is 26.9. The predicted octanol–water partition coefficient (Wildman–Crippen LogP) is 3.77. The maximum Gasteiger partial charge on any atom is 0.257 e. The number of sulfone groups is 1. The number of ether oxygens (including phenoxy) is 3. The van der Waals surface area contributed by atoms with Crippen LogP contribution in [0, 0.1) is 0 Å². The first-order valence-electron chi connectivity index (χ1n) is 12.0. The molecule has 3 aromatic carbocycles. The van der Waals surface area contributed by atoms with Gasteiger partial charge < -0.3 is 24.5 Å². The van der Waals surface area contributed by atoms with E-state index in [1.807, 2.05) is 6.07 Å². The molecule has 0 spiro atoms. The number of methoxy groups -OCH3 is 1. The monoisotopic (exact) mass is 534 g/mol. The van der Waals surface area contributed by atoms with Crippen LogP contribution < -0.4 is 25.0 Å². The fraction of sp³-hybridized carbons (Fsp3) is 0.214. The Morgan fingerprint density at radius 1 is 1.05 bits per heavy atom. The Hall–Kier alpha value is -4.31. The number of aromatic nitrogens is 1. The Kier molecular flexibility index (Phi) is 6.81. The van der Waals surface area contributed by atoms with Gasteiger partial charge in [0, 0.05) is 17.1 Å². The van der Waals surface area contributed by atoms with Crippen molar-refractivity contribution in [3.63, 3.8) is 0 Å². The Morgan fingerprint density at radius 3 is 2.63 bits per heavy atom. The van der Waals surface area contributed by atoms with E-state index in [2.05, 4.69) is 10.3 Å². The Bertz CT molecular complexity index is 1700. The number of carbonyl (C=O) groups excluding carboxylic acids is 1. The number of hydrogen-bond acceptors (Lipinski definition) is 7. The normalized spacial score (nSPS) is 13.6. The fourth-order valence-electron chi connectivity index (χ4n) is 4.31. The van der Waals surface area contributed by atoms with Crippen molar-refractivity contribution < 1.29 is 27.4 Å². The summed E-state index contributed by atoms with van der Waals surface area (Å²) in [7, 11) is -2.27. The Morgan fingerprint density at radius 2 is 1.84 bits per heavy atom. The lowest BCUT2D eigenvalue weighted by molar-refractivity contribution is 0.0938. The van der Waals surface area contributed by atoms with Crippen LogP contribution in [0.1, 0.15) is 34.5 Å². The minimum Gasteiger partial charge on any atom is -0.497 e. The summed E-state index contributed by atoms with van der Waals surface area (Å²) in [6.07, 6.45) is 1.33. The molecule has 2 heterocycles. The third-order valence-corrected chi connectivity index (χ3v) is 8.05. The second kappa shape index (κ2) is 10.2. The van der Waals surface area contributed by atoms with Gasteiger partial charge in [-0.1, -0.05) is 18.2 Å². The summed E-state index contributed by atoms with van der Waals surface area (Å²) in [6.45, 7) is 2.72. The number of carbonyl (C=O) groups is 1. The van der Waals surface area contributed by atoms with Gasteiger partial charge in [0.15, 0.2) is 21.3 Å². The van der Waals surface area contributed by atoms with Gasteiger partial charge in [-0.2, -0.15) is 0 Å². The standard InChI is InChI=1S/C28H26N2O7S/c1-17(19-6-9-25-26(13-19)37-11-10-36-25)30-28(32)23-15-29-24-8-7-21(14-22(24)27(23)31)38(33,34)16-18-4-3-5-20(12-18)35-2/h3-9,12-15,17H,10-11,16H2,1-2H3,(H,29,31)(H,30,32). The number of nitrogens with one attached hydrogen (secondary N) is 2. The molecule has 0 aliphatic carbocycles. The number of H-pyrrole nitrogens is 1. The van der Waals surface area contributed by atoms with Crippen molar-refractivity contribution in [1.82, 2.24) is 10.3 Å². The van der Waals surface area contributed by atoms with Crippen molar-refractivity contribution in [3.05, 3.63) is 93.8 Å². The van der Waals surface area contributed by atoms with Gasteiger partial charge in [0.1, 0.15) is 24.5 Å². The molecule has 10 heteroatoms. The van der Waals surface area contributed by atoms with Gasteiger partial charge in [0.2, 0.25) is 5.43 Å². The highest BCUT2D eigenvalue weighted by Crippen LogP contribution is 2.32. The molecule has 2 N–H and O–H groups in total.